The van der Waals surface area contributed by atoms with Gasteiger partial charge in [-0.05, 0) is 43.6 Å². The van der Waals surface area contributed by atoms with E-state index in [0.29, 0.717) is 12.1 Å². The van der Waals surface area contributed by atoms with E-state index in [1.54, 1.807) is 0 Å². The summed E-state index contributed by atoms with van der Waals surface area (Å²) in [5, 5.41) is 3.65. The molecule has 0 radical (unpaired) electrons. The average Bonchev–Trinajstić information content (AvgIpc) is 2.47. The quantitative estimate of drug-likeness (QED) is 0.850. The molecule has 1 aromatic carbocycles. The van der Waals surface area contributed by atoms with Gasteiger partial charge in [-0.3, -0.25) is 0 Å². The molecule has 0 aliphatic carbocycles. The fourth-order valence-corrected chi connectivity index (χ4v) is 3.15. The Morgan fingerprint density at radius 2 is 2.00 bits per heavy atom. The summed E-state index contributed by atoms with van der Waals surface area (Å²) in [6, 6.07) is 11.3. The second-order valence-electron chi connectivity index (χ2n) is 6.75. The lowest BCUT2D eigenvalue weighted by Gasteiger charge is -2.31. The van der Waals surface area contributed by atoms with E-state index < -0.39 is 0 Å². The molecule has 2 heteroatoms. The Bertz CT molecular complexity index is 382. The summed E-state index contributed by atoms with van der Waals surface area (Å²) < 4.78 is 5.78. The Balaban J connectivity index is 1.79. The summed E-state index contributed by atoms with van der Waals surface area (Å²) in [6.45, 7) is 8.88. The molecule has 1 fully saturated rings. The summed E-state index contributed by atoms with van der Waals surface area (Å²) in [6.07, 6.45) is 5.32. The van der Waals surface area contributed by atoms with Gasteiger partial charge in [0.1, 0.15) is 0 Å². The van der Waals surface area contributed by atoms with Crippen LogP contribution in [0.3, 0.4) is 0 Å². The lowest BCUT2D eigenvalue weighted by atomic mass is 9.79. The topological polar surface area (TPSA) is 21.3 Å². The third-order valence-electron chi connectivity index (χ3n) is 4.34. The molecule has 0 bridgehead atoms. The van der Waals surface area contributed by atoms with Crippen LogP contribution in [0.4, 0.5) is 0 Å². The molecule has 0 saturated carbocycles. The SMILES string of the molecule is CC(CC(C)(C)c1ccccc1)NCC1CCCCO1. The van der Waals surface area contributed by atoms with Gasteiger partial charge in [0.2, 0.25) is 0 Å². The molecule has 1 aromatic rings. The third-order valence-corrected chi connectivity index (χ3v) is 4.34. The first kappa shape index (κ1) is 15.5. The van der Waals surface area contributed by atoms with Crippen LogP contribution in [0.2, 0.25) is 0 Å². The second kappa shape index (κ2) is 7.24. The average molecular weight is 275 g/mol. The van der Waals surface area contributed by atoms with Crippen LogP contribution in [0.15, 0.2) is 30.3 Å². The maximum atomic E-state index is 5.78. The van der Waals surface area contributed by atoms with Crippen LogP contribution in [-0.2, 0) is 10.2 Å². The van der Waals surface area contributed by atoms with Gasteiger partial charge in [0.05, 0.1) is 6.10 Å². The van der Waals surface area contributed by atoms with Crippen LogP contribution >= 0.6 is 0 Å². The van der Waals surface area contributed by atoms with Gasteiger partial charge in [-0.15, -0.1) is 0 Å². The van der Waals surface area contributed by atoms with E-state index in [1.807, 2.05) is 0 Å². The van der Waals surface area contributed by atoms with Crippen molar-refractivity contribution in [3.8, 4) is 0 Å². The van der Waals surface area contributed by atoms with E-state index in [-0.39, 0.29) is 5.41 Å². The number of hydrogen-bond donors (Lipinski definition) is 1. The maximum Gasteiger partial charge on any atom is 0.0699 e. The van der Waals surface area contributed by atoms with Gasteiger partial charge in [-0.25, -0.2) is 0 Å². The van der Waals surface area contributed by atoms with Crippen molar-refractivity contribution in [1.82, 2.24) is 5.32 Å². The molecule has 0 amide bonds. The minimum Gasteiger partial charge on any atom is -0.377 e. The normalized spacial score (nSPS) is 21.6. The van der Waals surface area contributed by atoms with Crippen LogP contribution in [0.25, 0.3) is 0 Å². The monoisotopic (exact) mass is 275 g/mol. The van der Waals surface area contributed by atoms with Gasteiger partial charge in [0, 0.05) is 19.2 Å². The number of benzene rings is 1. The van der Waals surface area contributed by atoms with Crippen molar-refractivity contribution in [2.75, 3.05) is 13.2 Å². The van der Waals surface area contributed by atoms with Crippen LogP contribution < -0.4 is 5.32 Å². The first-order chi connectivity index (χ1) is 9.58. The Morgan fingerprint density at radius 1 is 1.25 bits per heavy atom. The molecule has 2 nitrogen and oxygen atoms in total. The van der Waals surface area contributed by atoms with Crippen molar-refractivity contribution in [2.24, 2.45) is 0 Å². The van der Waals surface area contributed by atoms with Crippen molar-refractivity contribution in [3.05, 3.63) is 35.9 Å². The summed E-state index contributed by atoms with van der Waals surface area (Å²) in [5.74, 6) is 0. The fraction of sp³-hybridized carbons (Fsp3) is 0.667. The molecule has 20 heavy (non-hydrogen) atoms. The predicted molar refractivity (Wildman–Crippen MR) is 85.1 cm³/mol. The molecule has 1 saturated heterocycles. The summed E-state index contributed by atoms with van der Waals surface area (Å²) >= 11 is 0. The third kappa shape index (κ3) is 4.60. The van der Waals surface area contributed by atoms with Crippen LogP contribution in [0, 0.1) is 0 Å². The highest BCUT2D eigenvalue weighted by Gasteiger charge is 2.23. The summed E-state index contributed by atoms with van der Waals surface area (Å²) in [7, 11) is 0. The minimum atomic E-state index is 0.209. The molecule has 2 unspecified atom stereocenters. The van der Waals surface area contributed by atoms with Crippen molar-refractivity contribution >= 4 is 0 Å². The Hall–Kier alpha value is -0.860. The largest absolute Gasteiger partial charge is 0.377 e. The lowest BCUT2D eigenvalue weighted by molar-refractivity contribution is 0.0152. The van der Waals surface area contributed by atoms with Gasteiger partial charge in [0.25, 0.3) is 0 Å². The van der Waals surface area contributed by atoms with Gasteiger partial charge in [-0.1, -0.05) is 44.2 Å². The smallest absolute Gasteiger partial charge is 0.0699 e. The van der Waals surface area contributed by atoms with Crippen molar-refractivity contribution < 1.29 is 4.74 Å². The fourth-order valence-electron chi connectivity index (χ4n) is 3.15. The van der Waals surface area contributed by atoms with E-state index in [9.17, 15) is 0 Å². The molecule has 1 heterocycles. The summed E-state index contributed by atoms with van der Waals surface area (Å²) in [5.41, 5.74) is 1.63. The second-order valence-corrected chi connectivity index (χ2v) is 6.75. The molecule has 2 atom stereocenters. The van der Waals surface area contributed by atoms with E-state index in [4.69, 9.17) is 4.74 Å². The lowest BCUT2D eigenvalue weighted by Crippen LogP contribution is -2.39. The molecular weight excluding hydrogens is 246 g/mol. The van der Waals surface area contributed by atoms with Crippen molar-refractivity contribution in [2.45, 2.75) is 64.0 Å². The molecule has 1 aliphatic rings. The Labute approximate surface area is 123 Å². The standard InChI is InChI=1S/C18H29NO/c1-15(19-14-17-11-7-8-12-20-17)13-18(2,3)16-9-5-4-6-10-16/h4-6,9-10,15,17,19H,7-8,11-14H2,1-3H3. The highest BCUT2D eigenvalue weighted by Crippen LogP contribution is 2.28. The maximum absolute atomic E-state index is 5.78. The minimum absolute atomic E-state index is 0.209. The molecule has 1 N–H and O–H groups in total. The zero-order valence-corrected chi connectivity index (χ0v) is 13.2. The van der Waals surface area contributed by atoms with Gasteiger partial charge in [-0.2, -0.15) is 0 Å². The molecule has 1 aliphatic heterocycles. The van der Waals surface area contributed by atoms with Crippen LogP contribution in [-0.4, -0.2) is 25.3 Å². The highest BCUT2D eigenvalue weighted by molar-refractivity contribution is 5.23. The predicted octanol–water partition coefficient (Wildman–Crippen LogP) is 3.90. The number of hydrogen-bond acceptors (Lipinski definition) is 2. The molecule has 0 spiro atoms. The molecule has 0 aromatic heterocycles. The molecule has 112 valence electrons. The van der Waals surface area contributed by atoms with Gasteiger partial charge >= 0.3 is 0 Å². The van der Waals surface area contributed by atoms with E-state index in [2.05, 4.69) is 56.4 Å². The van der Waals surface area contributed by atoms with E-state index in [0.717, 1.165) is 19.6 Å². The van der Waals surface area contributed by atoms with Gasteiger partial charge in [0.15, 0.2) is 0 Å². The molecule has 2 rings (SSSR count). The van der Waals surface area contributed by atoms with Crippen molar-refractivity contribution in [3.63, 3.8) is 0 Å². The summed E-state index contributed by atoms with van der Waals surface area (Å²) in [4.78, 5) is 0. The van der Waals surface area contributed by atoms with Crippen LogP contribution in [0.1, 0.15) is 52.0 Å². The van der Waals surface area contributed by atoms with E-state index >= 15 is 0 Å². The first-order valence-corrected chi connectivity index (χ1v) is 7.98. The number of nitrogens with one attached hydrogen (secondary N) is 1. The Morgan fingerprint density at radius 3 is 2.65 bits per heavy atom. The number of rotatable bonds is 6. The number of ether oxygens (including phenoxy) is 1. The van der Waals surface area contributed by atoms with E-state index in [1.165, 1.54) is 24.8 Å². The van der Waals surface area contributed by atoms with Crippen LogP contribution in [0.5, 0.6) is 0 Å². The zero-order chi connectivity index (χ0) is 14.4. The van der Waals surface area contributed by atoms with Gasteiger partial charge < -0.3 is 10.1 Å². The highest BCUT2D eigenvalue weighted by atomic mass is 16.5. The van der Waals surface area contributed by atoms with Crippen molar-refractivity contribution in [1.29, 1.82) is 0 Å². The zero-order valence-electron chi connectivity index (χ0n) is 13.2. The Kier molecular flexibility index (Phi) is 5.62. The molecular formula is C18H29NO. The first-order valence-electron chi connectivity index (χ1n) is 7.98.